The highest BCUT2D eigenvalue weighted by atomic mass is 32.2. The second kappa shape index (κ2) is 10.6. The topological polar surface area (TPSA) is 70.9 Å². The summed E-state index contributed by atoms with van der Waals surface area (Å²) in [6.07, 6.45) is 9.65. The van der Waals surface area contributed by atoms with Crippen LogP contribution in [-0.4, -0.2) is 39.8 Å². The summed E-state index contributed by atoms with van der Waals surface area (Å²) in [7, 11) is 0. The fourth-order valence-corrected chi connectivity index (χ4v) is 5.12. The summed E-state index contributed by atoms with van der Waals surface area (Å²) in [5.41, 5.74) is 10.5. The predicted molar refractivity (Wildman–Crippen MR) is 135 cm³/mol. The van der Waals surface area contributed by atoms with Gasteiger partial charge in [-0.15, -0.1) is 11.8 Å². The summed E-state index contributed by atoms with van der Waals surface area (Å²) in [6.45, 7) is 12.1. The molecule has 2 atom stereocenters. The van der Waals surface area contributed by atoms with Crippen LogP contribution in [0.15, 0.2) is 53.4 Å². The molecule has 0 radical (unpaired) electrons. The molecule has 1 saturated carbocycles. The molecule has 2 fully saturated rings. The van der Waals surface area contributed by atoms with Crippen LogP contribution in [0.25, 0.3) is 0 Å². The zero-order valence-electron chi connectivity index (χ0n) is 19.6. The molecule has 5 nitrogen and oxygen atoms in total. The van der Waals surface area contributed by atoms with E-state index in [4.69, 9.17) is 16.6 Å². The van der Waals surface area contributed by atoms with E-state index < -0.39 is 0 Å². The number of aryl methyl sites for hydroxylation is 1. The summed E-state index contributed by atoms with van der Waals surface area (Å²) in [5, 5.41) is 2.93. The van der Waals surface area contributed by atoms with Gasteiger partial charge in [0.2, 0.25) is 0 Å². The molecular formula is C25H39N5S. The van der Waals surface area contributed by atoms with Crippen molar-refractivity contribution in [3.8, 4) is 0 Å². The molecule has 0 aromatic heterocycles. The molecule has 6 heteroatoms. The lowest BCUT2D eigenvalue weighted by atomic mass is 9.99. The van der Waals surface area contributed by atoms with Crippen molar-refractivity contribution in [2.45, 2.75) is 65.0 Å². The lowest BCUT2D eigenvalue weighted by molar-refractivity contribution is 0.204. The van der Waals surface area contributed by atoms with Gasteiger partial charge in [0.15, 0.2) is 0 Å². The van der Waals surface area contributed by atoms with Crippen molar-refractivity contribution >= 4 is 22.5 Å². The molecule has 0 bridgehead atoms. The number of benzene rings is 1. The number of rotatable bonds is 9. The van der Waals surface area contributed by atoms with Crippen LogP contribution < -0.4 is 11.6 Å². The van der Waals surface area contributed by atoms with Crippen molar-refractivity contribution < 1.29 is 0 Å². The summed E-state index contributed by atoms with van der Waals surface area (Å²) in [4.78, 5) is 7.43. The third kappa shape index (κ3) is 5.86. The Balaban J connectivity index is 1.80. The first-order chi connectivity index (χ1) is 14.8. The largest absolute Gasteiger partial charge is 0.401 e. The van der Waals surface area contributed by atoms with Crippen LogP contribution in [0.5, 0.6) is 0 Å². The maximum absolute atomic E-state index is 6.51. The van der Waals surface area contributed by atoms with E-state index in [1.54, 1.807) is 16.8 Å². The molecule has 2 unspecified atom stereocenters. The van der Waals surface area contributed by atoms with E-state index in [0.29, 0.717) is 11.8 Å². The van der Waals surface area contributed by atoms with Crippen molar-refractivity contribution in [2.24, 2.45) is 28.4 Å². The van der Waals surface area contributed by atoms with Gasteiger partial charge in [-0.1, -0.05) is 39.5 Å². The van der Waals surface area contributed by atoms with Gasteiger partial charge < -0.3 is 15.6 Å². The minimum Gasteiger partial charge on any atom is -0.401 e. The Kier molecular flexibility index (Phi) is 8.11. The van der Waals surface area contributed by atoms with E-state index in [1.165, 1.54) is 18.4 Å². The summed E-state index contributed by atoms with van der Waals surface area (Å²) in [6, 6.07) is 8.82. The quantitative estimate of drug-likeness (QED) is 0.243. The minimum atomic E-state index is 0.00449. The number of nitrogens with two attached hydrogens (primary N) is 2. The van der Waals surface area contributed by atoms with Gasteiger partial charge in [-0.05, 0) is 62.0 Å². The molecule has 2 aliphatic rings. The first-order valence-electron chi connectivity index (χ1n) is 11.5. The third-order valence-corrected chi connectivity index (χ3v) is 7.12. The van der Waals surface area contributed by atoms with E-state index in [1.807, 2.05) is 6.20 Å². The van der Waals surface area contributed by atoms with Crippen molar-refractivity contribution in [3.63, 3.8) is 0 Å². The number of likely N-dealkylation sites (tertiary alicyclic amines) is 1. The number of hydrazine groups is 1. The SMILES string of the molecule is C=C(C(C(C)C)N(N)/C=C(\N)C1CC1)N1CCCC1C(=Nc1ccc(CC)cc1)SC. The Morgan fingerprint density at radius 1 is 1.29 bits per heavy atom. The van der Waals surface area contributed by atoms with Crippen LogP contribution in [-0.2, 0) is 6.42 Å². The highest BCUT2D eigenvalue weighted by Gasteiger charge is 2.35. The molecule has 1 saturated heterocycles. The molecule has 170 valence electrons. The zero-order valence-corrected chi connectivity index (χ0v) is 20.4. The van der Waals surface area contributed by atoms with Crippen LogP contribution in [0.4, 0.5) is 5.69 Å². The molecule has 4 N–H and O–H groups in total. The normalized spacial score (nSPS) is 21.0. The molecule has 31 heavy (non-hydrogen) atoms. The van der Waals surface area contributed by atoms with E-state index in [9.17, 15) is 0 Å². The van der Waals surface area contributed by atoms with Crippen LogP contribution in [0.3, 0.4) is 0 Å². The second-order valence-electron chi connectivity index (χ2n) is 9.06. The second-order valence-corrected chi connectivity index (χ2v) is 9.88. The number of thioether (sulfide) groups is 1. The number of hydrogen-bond donors (Lipinski definition) is 2. The minimum absolute atomic E-state index is 0.00449. The zero-order chi connectivity index (χ0) is 22.5. The Bertz CT molecular complexity index is 810. The molecule has 1 aromatic carbocycles. The van der Waals surface area contributed by atoms with Crippen LogP contribution in [0, 0.1) is 11.8 Å². The Labute approximate surface area is 192 Å². The molecule has 0 amide bonds. The molecule has 1 aromatic rings. The molecule has 0 spiro atoms. The van der Waals surface area contributed by atoms with Crippen LogP contribution in [0.1, 0.15) is 52.0 Å². The van der Waals surface area contributed by atoms with E-state index >= 15 is 0 Å². The molecular weight excluding hydrogens is 402 g/mol. The third-order valence-electron chi connectivity index (χ3n) is 6.34. The van der Waals surface area contributed by atoms with Gasteiger partial charge >= 0.3 is 0 Å². The van der Waals surface area contributed by atoms with E-state index in [0.717, 1.165) is 47.9 Å². The maximum atomic E-state index is 6.51. The van der Waals surface area contributed by atoms with Crippen molar-refractivity contribution in [2.75, 3.05) is 12.8 Å². The number of nitrogens with zero attached hydrogens (tertiary/aromatic N) is 3. The lowest BCUT2D eigenvalue weighted by Gasteiger charge is -2.39. The van der Waals surface area contributed by atoms with E-state index in [-0.39, 0.29) is 12.1 Å². The highest BCUT2D eigenvalue weighted by Crippen LogP contribution is 2.35. The van der Waals surface area contributed by atoms with E-state index in [2.05, 4.69) is 62.8 Å². The monoisotopic (exact) mass is 441 g/mol. The van der Waals surface area contributed by atoms with Gasteiger partial charge in [-0.2, -0.15) is 0 Å². The Morgan fingerprint density at radius 3 is 2.52 bits per heavy atom. The Hall–Kier alpha value is -1.92. The fourth-order valence-electron chi connectivity index (χ4n) is 4.40. The molecule has 1 heterocycles. The van der Waals surface area contributed by atoms with Crippen LogP contribution >= 0.6 is 11.8 Å². The molecule has 1 aliphatic carbocycles. The highest BCUT2D eigenvalue weighted by molar-refractivity contribution is 8.13. The van der Waals surface area contributed by atoms with Gasteiger partial charge in [-0.25, -0.2) is 10.8 Å². The number of hydrogen-bond acceptors (Lipinski definition) is 6. The Morgan fingerprint density at radius 2 is 1.97 bits per heavy atom. The van der Waals surface area contributed by atoms with Gasteiger partial charge in [-0.3, -0.25) is 0 Å². The maximum Gasteiger partial charge on any atom is 0.0961 e. The van der Waals surface area contributed by atoms with Crippen molar-refractivity contribution in [1.82, 2.24) is 9.91 Å². The summed E-state index contributed by atoms with van der Waals surface area (Å²) >= 11 is 1.73. The molecule has 1 aliphatic heterocycles. The average Bonchev–Trinajstić information content (AvgIpc) is 3.49. The van der Waals surface area contributed by atoms with Gasteiger partial charge in [0, 0.05) is 30.1 Å². The van der Waals surface area contributed by atoms with Gasteiger partial charge in [0.1, 0.15) is 0 Å². The fraction of sp³-hybridized carbons (Fsp3) is 0.560. The smallest absolute Gasteiger partial charge is 0.0961 e. The van der Waals surface area contributed by atoms with Gasteiger partial charge in [0.25, 0.3) is 0 Å². The lowest BCUT2D eigenvalue weighted by Crippen LogP contribution is -2.48. The standard InChI is InChI=1S/C25H39N5S/c1-6-19-9-13-21(14-10-19)28-25(31-5)23-8-7-15-29(23)18(4)24(17(2)3)30(27)16-22(26)20-11-12-20/h9-10,13-14,16-17,20,23-24H,4,6-8,11-12,15,26-27H2,1-3,5H3/b22-16-,28-25?. The van der Waals surface area contributed by atoms with Crippen molar-refractivity contribution in [1.29, 1.82) is 0 Å². The van der Waals surface area contributed by atoms with Crippen LogP contribution in [0.2, 0.25) is 0 Å². The number of aliphatic imine (C=N–C) groups is 1. The average molecular weight is 442 g/mol. The summed E-state index contributed by atoms with van der Waals surface area (Å²) in [5.74, 6) is 7.33. The predicted octanol–water partition coefficient (Wildman–Crippen LogP) is 5.03. The molecule has 3 rings (SSSR count). The first kappa shape index (κ1) is 23.7. The van der Waals surface area contributed by atoms with Crippen molar-refractivity contribution in [3.05, 3.63) is 54.0 Å². The first-order valence-corrected chi connectivity index (χ1v) is 12.7. The summed E-state index contributed by atoms with van der Waals surface area (Å²) < 4.78 is 0. The number of allylic oxidation sites excluding steroid dienone is 1. The van der Waals surface area contributed by atoms with Gasteiger partial charge in [0.05, 0.1) is 22.8 Å².